The molecule has 0 aliphatic carbocycles. The number of amides is 1. The van der Waals surface area contributed by atoms with Gasteiger partial charge in [0.1, 0.15) is 0 Å². The molecule has 0 bridgehead atoms. The van der Waals surface area contributed by atoms with Crippen molar-refractivity contribution in [1.82, 2.24) is 5.43 Å². The summed E-state index contributed by atoms with van der Waals surface area (Å²) in [5.41, 5.74) is 1.95. The molecule has 6 heteroatoms. The minimum Gasteiger partial charge on any atom is -0.478 e. The van der Waals surface area contributed by atoms with Crippen molar-refractivity contribution in [3.63, 3.8) is 0 Å². The van der Waals surface area contributed by atoms with E-state index in [2.05, 4.69) is 16.9 Å². The minimum atomic E-state index is -1.17. The third kappa shape index (κ3) is 2.11. The zero-order valence-electron chi connectivity index (χ0n) is 6.93. The normalized spacial score (nSPS) is 9.14. The predicted molar refractivity (Wildman–Crippen MR) is 50.7 cm³/mol. The maximum absolute atomic E-state index is 11.2. The lowest BCUT2D eigenvalue weighted by Crippen LogP contribution is -2.19. The summed E-state index contributed by atoms with van der Waals surface area (Å²) in [5, 5.41) is 8.75. The molecule has 1 rings (SSSR count). The molecule has 0 saturated heterocycles. The number of nitrogens with one attached hydrogen (secondary N) is 1. The van der Waals surface area contributed by atoms with Gasteiger partial charge in [0.2, 0.25) is 0 Å². The van der Waals surface area contributed by atoms with E-state index in [1.807, 2.05) is 5.43 Å². The fourth-order valence-corrected chi connectivity index (χ4v) is 1.05. The largest absolute Gasteiger partial charge is 0.478 e. The lowest BCUT2D eigenvalue weighted by molar-refractivity contribution is 0.0691. The first-order valence-electron chi connectivity index (χ1n) is 3.62. The SMILES string of the molecule is O=C(O)c1ccccc1C(=O)NN=S. The van der Waals surface area contributed by atoms with Gasteiger partial charge < -0.3 is 5.11 Å². The Hall–Kier alpha value is -1.82. The molecule has 0 heterocycles. The van der Waals surface area contributed by atoms with Gasteiger partial charge in [-0.2, -0.15) is 0 Å². The van der Waals surface area contributed by atoms with E-state index >= 15 is 0 Å². The van der Waals surface area contributed by atoms with E-state index in [4.69, 9.17) is 5.11 Å². The fraction of sp³-hybridized carbons (Fsp3) is 0. The number of hydrogen-bond donors (Lipinski definition) is 2. The summed E-state index contributed by atoms with van der Waals surface area (Å²) in [7, 11) is 0. The van der Waals surface area contributed by atoms with Gasteiger partial charge in [-0.25, -0.2) is 10.2 Å². The molecule has 1 aromatic carbocycles. The standard InChI is InChI=1S/C8H6N2O3S/c11-7(9-10-14)5-3-1-2-4-6(5)8(12)13/h1-4H,(H,12,13)(H,9,11,14). The van der Waals surface area contributed by atoms with Crippen LogP contribution in [0.1, 0.15) is 20.7 Å². The van der Waals surface area contributed by atoms with E-state index < -0.39 is 11.9 Å². The number of nitrogens with zero attached hydrogens (tertiary/aromatic N) is 1. The Kier molecular flexibility index (Phi) is 3.24. The van der Waals surface area contributed by atoms with Crippen LogP contribution in [0.3, 0.4) is 0 Å². The molecule has 0 radical (unpaired) electrons. The summed E-state index contributed by atoms with van der Waals surface area (Å²) < 4.78 is 3.00. The van der Waals surface area contributed by atoms with Crippen LogP contribution in [-0.2, 0) is 12.4 Å². The average Bonchev–Trinajstić information content (AvgIpc) is 2.18. The number of carboxylic acid groups (broad SMARTS) is 1. The van der Waals surface area contributed by atoms with E-state index in [0.29, 0.717) is 0 Å². The second kappa shape index (κ2) is 4.43. The van der Waals surface area contributed by atoms with Crippen LogP contribution in [0.2, 0.25) is 0 Å². The molecule has 1 aromatic rings. The lowest BCUT2D eigenvalue weighted by atomic mass is 10.1. The Morgan fingerprint density at radius 3 is 2.36 bits per heavy atom. The van der Waals surface area contributed by atoms with Crippen LogP contribution in [0, 0.1) is 0 Å². The Balaban J connectivity index is 3.12. The van der Waals surface area contributed by atoms with Gasteiger partial charge in [-0.3, -0.25) is 4.79 Å². The smallest absolute Gasteiger partial charge is 0.336 e. The second-order valence-electron chi connectivity index (χ2n) is 2.38. The van der Waals surface area contributed by atoms with E-state index in [1.165, 1.54) is 18.2 Å². The van der Waals surface area contributed by atoms with Crippen LogP contribution in [-0.4, -0.2) is 17.0 Å². The van der Waals surface area contributed by atoms with Crippen LogP contribution in [0.4, 0.5) is 0 Å². The predicted octanol–water partition coefficient (Wildman–Crippen LogP) is 0.760. The highest BCUT2D eigenvalue weighted by atomic mass is 32.1. The molecule has 0 atom stereocenters. The topological polar surface area (TPSA) is 78.8 Å². The zero-order valence-corrected chi connectivity index (χ0v) is 7.75. The molecule has 0 spiro atoms. The molecule has 0 unspecified atom stereocenters. The number of hydrogen-bond acceptors (Lipinski definition) is 4. The maximum Gasteiger partial charge on any atom is 0.336 e. The van der Waals surface area contributed by atoms with Crippen LogP contribution in [0.15, 0.2) is 28.7 Å². The van der Waals surface area contributed by atoms with Crippen molar-refractivity contribution in [1.29, 1.82) is 0 Å². The van der Waals surface area contributed by atoms with Crippen molar-refractivity contribution in [2.24, 2.45) is 4.47 Å². The molecule has 0 aliphatic rings. The molecule has 0 aromatic heterocycles. The average molecular weight is 210 g/mol. The van der Waals surface area contributed by atoms with Crippen LogP contribution in [0.5, 0.6) is 0 Å². The van der Waals surface area contributed by atoms with Crippen LogP contribution < -0.4 is 5.43 Å². The molecule has 14 heavy (non-hydrogen) atoms. The molecule has 2 N–H and O–H groups in total. The molecular formula is C8H6N2O3S. The highest BCUT2D eigenvalue weighted by Gasteiger charge is 2.14. The van der Waals surface area contributed by atoms with Gasteiger partial charge in [0.15, 0.2) is 0 Å². The number of aromatic carboxylic acids is 1. The minimum absolute atomic E-state index is 0.0357. The molecule has 5 nitrogen and oxygen atoms in total. The summed E-state index contributed by atoms with van der Waals surface area (Å²) in [6.45, 7) is 0. The molecule has 0 fully saturated rings. The highest BCUT2D eigenvalue weighted by molar-refractivity contribution is 7.47. The number of benzene rings is 1. The molecule has 72 valence electrons. The Morgan fingerprint density at radius 2 is 1.86 bits per heavy atom. The highest BCUT2D eigenvalue weighted by Crippen LogP contribution is 2.08. The van der Waals surface area contributed by atoms with Crippen LogP contribution >= 0.6 is 0 Å². The molecular weight excluding hydrogens is 204 g/mol. The van der Waals surface area contributed by atoms with Crippen LogP contribution in [0.25, 0.3) is 0 Å². The summed E-state index contributed by atoms with van der Waals surface area (Å²) in [4.78, 5) is 21.9. The number of carbonyl (C=O) groups excluding carboxylic acids is 1. The van der Waals surface area contributed by atoms with Crippen molar-refractivity contribution in [3.8, 4) is 0 Å². The Labute approximate surface area is 84.9 Å². The van der Waals surface area contributed by atoms with E-state index in [0.717, 1.165) is 0 Å². The molecule has 1 amide bonds. The van der Waals surface area contributed by atoms with Gasteiger partial charge in [-0.15, -0.1) is 4.47 Å². The van der Waals surface area contributed by atoms with Gasteiger partial charge in [-0.1, -0.05) is 12.1 Å². The Morgan fingerprint density at radius 1 is 1.29 bits per heavy atom. The monoisotopic (exact) mass is 210 g/mol. The van der Waals surface area contributed by atoms with Gasteiger partial charge in [0, 0.05) is 0 Å². The van der Waals surface area contributed by atoms with Gasteiger partial charge >= 0.3 is 5.97 Å². The summed E-state index contributed by atoms with van der Waals surface area (Å²) in [5.74, 6) is -1.79. The summed E-state index contributed by atoms with van der Waals surface area (Å²) in [6.07, 6.45) is 0. The summed E-state index contributed by atoms with van der Waals surface area (Å²) in [6, 6.07) is 5.82. The van der Waals surface area contributed by atoms with Gasteiger partial charge in [0.05, 0.1) is 23.6 Å². The third-order valence-electron chi connectivity index (χ3n) is 1.55. The quantitative estimate of drug-likeness (QED) is 0.722. The number of carboxylic acids is 1. The third-order valence-corrected chi connectivity index (χ3v) is 1.64. The first-order valence-corrected chi connectivity index (χ1v) is 3.98. The fourth-order valence-electron chi connectivity index (χ4n) is 0.969. The maximum atomic E-state index is 11.2. The van der Waals surface area contributed by atoms with Crippen molar-refractivity contribution >= 4 is 24.3 Å². The van der Waals surface area contributed by atoms with Crippen molar-refractivity contribution < 1.29 is 14.7 Å². The van der Waals surface area contributed by atoms with Gasteiger partial charge in [-0.05, 0) is 12.1 Å². The lowest BCUT2D eigenvalue weighted by Gasteiger charge is -2.02. The molecule has 0 saturated carbocycles. The van der Waals surface area contributed by atoms with Crippen molar-refractivity contribution in [2.75, 3.05) is 0 Å². The first-order chi connectivity index (χ1) is 6.66. The number of rotatable bonds is 3. The van der Waals surface area contributed by atoms with Crippen molar-refractivity contribution in [2.45, 2.75) is 0 Å². The van der Waals surface area contributed by atoms with Crippen molar-refractivity contribution in [3.05, 3.63) is 35.4 Å². The van der Waals surface area contributed by atoms with E-state index in [-0.39, 0.29) is 11.1 Å². The summed E-state index contributed by atoms with van der Waals surface area (Å²) >= 11 is 4.18. The molecule has 0 aliphatic heterocycles. The Bertz CT molecular complexity index is 392. The first kappa shape index (κ1) is 10.3. The van der Waals surface area contributed by atoms with E-state index in [1.54, 1.807) is 6.07 Å². The number of carbonyl (C=O) groups is 2. The zero-order chi connectivity index (χ0) is 10.6. The van der Waals surface area contributed by atoms with E-state index in [9.17, 15) is 9.59 Å². The van der Waals surface area contributed by atoms with Gasteiger partial charge in [0.25, 0.3) is 5.91 Å². The second-order valence-corrected chi connectivity index (χ2v) is 2.57.